The van der Waals surface area contributed by atoms with E-state index in [4.69, 9.17) is 4.74 Å². The second-order valence-corrected chi connectivity index (χ2v) is 4.15. The molecule has 1 heterocycles. The monoisotopic (exact) mass is 239 g/mol. The number of carbonyl (C=O) groups is 1. The summed E-state index contributed by atoms with van der Waals surface area (Å²) >= 11 is 0. The van der Waals surface area contributed by atoms with Crippen molar-refractivity contribution in [2.24, 2.45) is 0 Å². The lowest BCUT2D eigenvalue weighted by Crippen LogP contribution is -2.18. The van der Waals surface area contributed by atoms with Gasteiger partial charge in [-0.1, -0.05) is 0 Å². The first-order valence-corrected chi connectivity index (χ1v) is 6.02. The molecule has 0 saturated heterocycles. The first-order valence-electron chi connectivity index (χ1n) is 6.02. The molecule has 0 unspecified atom stereocenters. The van der Waals surface area contributed by atoms with E-state index in [0.29, 0.717) is 25.6 Å². The Morgan fingerprint density at radius 3 is 2.94 bits per heavy atom. The van der Waals surface area contributed by atoms with Crippen molar-refractivity contribution in [3.8, 4) is 0 Å². The van der Waals surface area contributed by atoms with Gasteiger partial charge in [-0.15, -0.1) is 0 Å². The van der Waals surface area contributed by atoms with Gasteiger partial charge in [0.15, 0.2) is 0 Å². The zero-order valence-electron chi connectivity index (χ0n) is 10.8. The summed E-state index contributed by atoms with van der Waals surface area (Å²) < 4.78 is 6.75. The minimum atomic E-state index is -0.155. The highest BCUT2D eigenvalue weighted by Crippen LogP contribution is 2.04. The molecule has 0 aliphatic carbocycles. The molecule has 0 spiro atoms. The van der Waals surface area contributed by atoms with Crippen LogP contribution in [0.2, 0.25) is 0 Å². The highest BCUT2D eigenvalue weighted by Gasteiger charge is 2.03. The lowest BCUT2D eigenvalue weighted by atomic mass is 10.3. The highest BCUT2D eigenvalue weighted by atomic mass is 16.5. The fraction of sp³-hybridized carbons (Fsp3) is 0.667. The van der Waals surface area contributed by atoms with Crippen molar-refractivity contribution in [3.63, 3.8) is 0 Å². The molecule has 1 aromatic rings. The molecule has 0 aromatic carbocycles. The van der Waals surface area contributed by atoms with E-state index in [0.717, 1.165) is 12.1 Å². The summed E-state index contributed by atoms with van der Waals surface area (Å²) in [4.78, 5) is 11.1. The lowest BCUT2D eigenvalue weighted by Gasteiger charge is -2.04. The predicted molar refractivity (Wildman–Crippen MR) is 65.6 cm³/mol. The number of hydrogen-bond donors (Lipinski definition) is 1. The molecule has 0 atom stereocenters. The standard InChI is InChI=1S/C12H21N3O2/c1-4-17-12(16)5-6-13-7-11-8-14-15(9-11)10(2)3/h8-10,13H,4-7H2,1-3H3. The van der Waals surface area contributed by atoms with Crippen LogP contribution < -0.4 is 5.32 Å². The third kappa shape index (κ3) is 4.99. The summed E-state index contributed by atoms with van der Waals surface area (Å²) in [5.74, 6) is -0.155. The minimum absolute atomic E-state index is 0.155. The molecule has 0 radical (unpaired) electrons. The van der Waals surface area contributed by atoms with E-state index in [2.05, 4.69) is 24.3 Å². The Morgan fingerprint density at radius 1 is 1.59 bits per heavy atom. The van der Waals surface area contributed by atoms with E-state index in [9.17, 15) is 4.79 Å². The molecular weight excluding hydrogens is 218 g/mol. The van der Waals surface area contributed by atoms with Gasteiger partial charge in [-0.05, 0) is 20.8 Å². The predicted octanol–water partition coefficient (Wildman–Crippen LogP) is 1.51. The van der Waals surface area contributed by atoms with Gasteiger partial charge in [-0.2, -0.15) is 5.10 Å². The van der Waals surface area contributed by atoms with E-state index in [1.165, 1.54) is 0 Å². The third-order valence-electron chi connectivity index (χ3n) is 2.32. The Balaban J connectivity index is 2.19. The van der Waals surface area contributed by atoms with Crippen molar-refractivity contribution in [2.75, 3.05) is 13.2 Å². The van der Waals surface area contributed by atoms with Gasteiger partial charge in [0, 0.05) is 30.9 Å². The van der Waals surface area contributed by atoms with E-state index in [1.54, 1.807) is 0 Å². The van der Waals surface area contributed by atoms with E-state index < -0.39 is 0 Å². The van der Waals surface area contributed by atoms with Crippen LogP contribution >= 0.6 is 0 Å². The molecule has 0 saturated carbocycles. The number of hydrogen-bond acceptors (Lipinski definition) is 4. The maximum atomic E-state index is 11.1. The van der Waals surface area contributed by atoms with Crippen molar-refractivity contribution in [1.29, 1.82) is 0 Å². The number of carbonyl (C=O) groups excluding carboxylic acids is 1. The van der Waals surface area contributed by atoms with Gasteiger partial charge in [0.25, 0.3) is 0 Å². The molecule has 5 heteroatoms. The average Bonchev–Trinajstić information content (AvgIpc) is 2.73. The molecule has 0 amide bonds. The summed E-state index contributed by atoms with van der Waals surface area (Å²) in [5.41, 5.74) is 1.13. The Labute approximate surface area is 102 Å². The summed E-state index contributed by atoms with van der Waals surface area (Å²) in [6.07, 6.45) is 4.27. The van der Waals surface area contributed by atoms with E-state index in [-0.39, 0.29) is 5.97 Å². The van der Waals surface area contributed by atoms with Crippen LogP contribution in [0, 0.1) is 0 Å². The second kappa shape index (κ2) is 7.06. The van der Waals surface area contributed by atoms with Gasteiger partial charge in [-0.3, -0.25) is 9.48 Å². The van der Waals surface area contributed by atoms with Crippen LogP contribution in [0.4, 0.5) is 0 Å². The fourth-order valence-electron chi connectivity index (χ4n) is 1.41. The number of esters is 1. The molecular formula is C12H21N3O2. The fourth-order valence-corrected chi connectivity index (χ4v) is 1.41. The van der Waals surface area contributed by atoms with Crippen molar-refractivity contribution in [3.05, 3.63) is 18.0 Å². The molecule has 1 rings (SSSR count). The van der Waals surface area contributed by atoms with Gasteiger partial charge in [0.05, 0.1) is 19.2 Å². The molecule has 96 valence electrons. The van der Waals surface area contributed by atoms with Crippen LogP contribution in [0.1, 0.15) is 38.8 Å². The largest absolute Gasteiger partial charge is 0.466 e. The SMILES string of the molecule is CCOC(=O)CCNCc1cnn(C(C)C)c1. The average molecular weight is 239 g/mol. The number of nitrogens with one attached hydrogen (secondary N) is 1. The number of aromatic nitrogens is 2. The highest BCUT2D eigenvalue weighted by molar-refractivity contribution is 5.69. The van der Waals surface area contributed by atoms with Crippen molar-refractivity contribution in [1.82, 2.24) is 15.1 Å². The summed E-state index contributed by atoms with van der Waals surface area (Å²) in [6, 6.07) is 0.378. The van der Waals surface area contributed by atoms with Gasteiger partial charge < -0.3 is 10.1 Å². The van der Waals surface area contributed by atoms with Crippen molar-refractivity contribution in [2.45, 2.75) is 39.8 Å². The van der Waals surface area contributed by atoms with Gasteiger partial charge in [-0.25, -0.2) is 0 Å². The molecule has 1 aromatic heterocycles. The topological polar surface area (TPSA) is 56.1 Å². The number of ether oxygens (including phenoxy) is 1. The zero-order valence-corrected chi connectivity index (χ0v) is 10.8. The molecule has 0 aliphatic heterocycles. The Morgan fingerprint density at radius 2 is 2.35 bits per heavy atom. The van der Waals surface area contributed by atoms with Crippen molar-refractivity contribution >= 4 is 5.97 Å². The van der Waals surface area contributed by atoms with E-state index >= 15 is 0 Å². The maximum absolute atomic E-state index is 11.1. The molecule has 5 nitrogen and oxygen atoms in total. The quantitative estimate of drug-likeness (QED) is 0.579. The maximum Gasteiger partial charge on any atom is 0.307 e. The Bertz CT molecular complexity index is 347. The summed E-state index contributed by atoms with van der Waals surface area (Å²) in [6.45, 7) is 7.79. The van der Waals surface area contributed by atoms with Crippen LogP contribution in [0.15, 0.2) is 12.4 Å². The lowest BCUT2D eigenvalue weighted by molar-refractivity contribution is -0.142. The number of rotatable bonds is 7. The van der Waals surface area contributed by atoms with Crippen LogP contribution in [0.3, 0.4) is 0 Å². The molecule has 0 fully saturated rings. The Kier molecular flexibility index (Phi) is 5.69. The van der Waals surface area contributed by atoms with Crippen LogP contribution in [-0.2, 0) is 16.1 Å². The summed E-state index contributed by atoms with van der Waals surface area (Å²) in [5, 5.41) is 7.43. The van der Waals surface area contributed by atoms with Gasteiger partial charge >= 0.3 is 5.97 Å². The third-order valence-corrected chi connectivity index (χ3v) is 2.32. The smallest absolute Gasteiger partial charge is 0.307 e. The zero-order chi connectivity index (χ0) is 12.7. The first-order chi connectivity index (χ1) is 8.13. The van der Waals surface area contributed by atoms with Crippen LogP contribution in [0.25, 0.3) is 0 Å². The van der Waals surface area contributed by atoms with Crippen molar-refractivity contribution < 1.29 is 9.53 Å². The van der Waals surface area contributed by atoms with Gasteiger partial charge in [0.2, 0.25) is 0 Å². The molecule has 17 heavy (non-hydrogen) atoms. The first kappa shape index (κ1) is 13.7. The second-order valence-electron chi connectivity index (χ2n) is 4.15. The normalized spacial score (nSPS) is 10.8. The Hall–Kier alpha value is -1.36. The summed E-state index contributed by atoms with van der Waals surface area (Å²) in [7, 11) is 0. The van der Waals surface area contributed by atoms with E-state index in [1.807, 2.05) is 24.0 Å². The molecule has 1 N–H and O–H groups in total. The minimum Gasteiger partial charge on any atom is -0.466 e. The molecule has 0 bridgehead atoms. The number of nitrogens with zero attached hydrogens (tertiary/aromatic N) is 2. The van der Waals surface area contributed by atoms with Crippen LogP contribution in [-0.4, -0.2) is 28.9 Å². The molecule has 0 aliphatic rings. The van der Waals surface area contributed by atoms with Crippen LogP contribution in [0.5, 0.6) is 0 Å². The van der Waals surface area contributed by atoms with Gasteiger partial charge in [0.1, 0.15) is 0 Å².